The summed E-state index contributed by atoms with van der Waals surface area (Å²) >= 11 is 1.76. The van der Waals surface area contributed by atoms with Gasteiger partial charge in [0.2, 0.25) is 0 Å². The van der Waals surface area contributed by atoms with Crippen molar-refractivity contribution in [2.75, 3.05) is 6.54 Å². The van der Waals surface area contributed by atoms with E-state index in [1.54, 1.807) is 11.3 Å². The number of hydrogen-bond acceptors (Lipinski definition) is 4. The van der Waals surface area contributed by atoms with Crippen molar-refractivity contribution in [2.45, 2.75) is 65.2 Å². The number of nitrogens with one attached hydrogen (secondary N) is 1. The largest absolute Gasteiger partial charge is 0.371 e. The first-order valence-electron chi connectivity index (χ1n) is 6.97. The molecular formula is C14H24N2OS. The quantitative estimate of drug-likeness (QED) is 0.890. The highest BCUT2D eigenvalue weighted by molar-refractivity contribution is 7.11. The van der Waals surface area contributed by atoms with Crippen LogP contribution in [0.5, 0.6) is 0 Å². The van der Waals surface area contributed by atoms with E-state index in [9.17, 15) is 0 Å². The van der Waals surface area contributed by atoms with Gasteiger partial charge in [-0.3, -0.25) is 0 Å². The molecule has 2 rings (SSSR count). The van der Waals surface area contributed by atoms with Crippen molar-refractivity contribution in [3.8, 4) is 0 Å². The molecular weight excluding hydrogens is 244 g/mol. The molecule has 1 fully saturated rings. The fraction of sp³-hybridized carbons (Fsp3) is 0.786. The van der Waals surface area contributed by atoms with Gasteiger partial charge in [-0.15, -0.1) is 11.3 Å². The molecule has 4 heteroatoms. The lowest BCUT2D eigenvalue weighted by molar-refractivity contribution is 0.0113. The summed E-state index contributed by atoms with van der Waals surface area (Å²) < 4.78 is 5.98. The summed E-state index contributed by atoms with van der Waals surface area (Å²) in [6.45, 7) is 8.13. The van der Waals surface area contributed by atoms with Gasteiger partial charge in [-0.25, -0.2) is 4.98 Å². The second-order valence-electron chi connectivity index (χ2n) is 5.09. The first kappa shape index (κ1) is 14.0. The highest BCUT2D eigenvalue weighted by Gasteiger charge is 2.21. The Morgan fingerprint density at radius 3 is 2.56 bits per heavy atom. The number of thiazole rings is 1. The van der Waals surface area contributed by atoms with Crippen molar-refractivity contribution in [3.63, 3.8) is 0 Å². The normalized spacial score (nSPS) is 24.4. The lowest BCUT2D eigenvalue weighted by atomic mass is 9.93. The number of aromatic nitrogens is 1. The zero-order valence-electron chi connectivity index (χ0n) is 11.7. The summed E-state index contributed by atoms with van der Waals surface area (Å²) in [5.74, 6) is 0. The van der Waals surface area contributed by atoms with Crippen LogP contribution in [-0.2, 0) is 11.3 Å². The SMILES string of the molecule is CCNC1CCC(OCc2nc(C)c(C)s2)CC1. The van der Waals surface area contributed by atoms with Gasteiger partial charge in [0.25, 0.3) is 0 Å². The van der Waals surface area contributed by atoms with Crippen LogP contribution >= 0.6 is 11.3 Å². The molecule has 1 N–H and O–H groups in total. The maximum atomic E-state index is 5.98. The van der Waals surface area contributed by atoms with Crippen LogP contribution in [0.1, 0.15) is 48.2 Å². The van der Waals surface area contributed by atoms with Gasteiger partial charge in [0.15, 0.2) is 0 Å². The second-order valence-corrected chi connectivity index (χ2v) is 6.38. The van der Waals surface area contributed by atoms with E-state index in [1.807, 2.05) is 0 Å². The average Bonchev–Trinajstić information content (AvgIpc) is 2.68. The lowest BCUT2D eigenvalue weighted by Gasteiger charge is -2.28. The summed E-state index contributed by atoms with van der Waals surface area (Å²) in [5.41, 5.74) is 1.15. The van der Waals surface area contributed by atoms with Crippen LogP contribution in [0.15, 0.2) is 0 Å². The Labute approximate surface area is 114 Å². The van der Waals surface area contributed by atoms with Gasteiger partial charge in [-0.05, 0) is 46.1 Å². The minimum atomic E-state index is 0.435. The van der Waals surface area contributed by atoms with Crippen molar-refractivity contribution < 1.29 is 4.74 Å². The topological polar surface area (TPSA) is 34.1 Å². The summed E-state index contributed by atoms with van der Waals surface area (Å²) in [6, 6.07) is 0.708. The highest BCUT2D eigenvalue weighted by Crippen LogP contribution is 2.23. The molecule has 102 valence electrons. The third-order valence-electron chi connectivity index (χ3n) is 3.68. The summed E-state index contributed by atoms with van der Waals surface area (Å²) in [6.07, 6.45) is 5.29. The zero-order valence-corrected chi connectivity index (χ0v) is 12.5. The van der Waals surface area contributed by atoms with E-state index in [-0.39, 0.29) is 0 Å². The van der Waals surface area contributed by atoms with Crippen LogP contribution in [0.4, 0.5) is 0 Å². The van der Waals surface area contributed by atoms with Crippen LogP contribution in [0, 0.1) is 13.8 Å². The Balaban J connectivity index is 1.72. The Morgan fingerprint density at radius 1 is 1.28 bits per heavy atom. The molecule has 0 radical (unpaired) electrons. The van der Waals surface area contributed by atoms with E-state index < -0.39 is 0 Å². The number of hydrogen-bond donors (Lipinski definition) is 1. The average molecular weight is 268 g/mol. The molecule has 0 atom stereocenters. The highest BCUT2D eigenvalue weighted by atomic mass is 32.1. The van der Waals surface area contributed by atoms with Crippen molar-refractivity contribution in [2.24, 2.45) is 0 Å². The van der Waals surface area contributed by atoms with Crippen molar-refractivity contribution in [1.29, 1.82) is 0 Å². The molecule has 0 aromatic carbocycles. The fourth-order valence-electron chi connectivity index (χ4n) is 2.51. The molecule has 1 saturated carbocycles. The molecule has 0 amide bonds. The minimum absolute atomic E-state index is 0.435. The molecule has 1 aliphatic carbocycles. The zero-order chi connectivity index (χ0) is 13.0. The standard InChI is InChI=1S/C14H24N2OS/c1-4-15-12-5-7-13(8-6-12)17-9-14-16-10(2)11(3)18-14/h12-13,15H,4-9H2,1-3H3. The fourth-order valence-corrected chi connectivity index (χ4v) is 3.37. The predicted octanol–water partition coefficient (Wildman–Crippen LogP) is 3.20. The molecule has 3 nitrogen and oxygen atoms in total. The van der Waals surface area contributed by atoms with Crippen molar-refractivity contribution >= 4 is 11.3 Å². The number of ether oxygens (including phenoxy) is 1. The van der Waals surface area contributed by atoms with Gasteiger partial charge in [0.05, 0.1) is 18.4 Å². The molecule has 0 spiro atoms. The smallest absolute Gasteiger partial charge is 0.119 e. The molecule has 0 bridgehead atoms. The van der Waals surface area contributed by atoms with Crippen molar-refractivity contribution in [3.05, 3.63) is 15.6 Å². The monoisotopic (exact) mass is 268 g/mol. The summed E-state index contributed by atoms with van der Waals surface area (Å²) in [4.78, 5) is 5.83. The first-order valence-corrected chi connectivity index (χ1v) is 7.78. The summed E-state index contributed by atoms with van der Waals surface area (Å²) in [5, 5.41) is 4.65. The molecule has 0 saturated heterocycles. The Hall–Kier alpha value is -0.450. The van der Waals surface area contributed by atoms with Gasteiger partial charge >= 0.3 is 0 Å². The van der Waals surface area contributed by atoms with Gasteiger partial charge in [-0.2, -0.15) is 0 Å². The first-order chi connectivity index (χ1) is 8.69. The van der Waals surface area contributed by atoms with E-state index in [0.717, 1.165) is 17.2 Å². The molecule has 1 aromatic heterocycles. The van der Waals surface area contributed by atoms with Crippen LogP contribution in [-0.4, -0.2) is 23.7 Å². The number of nitrogens with zero attached hydrogens (tertiary/aromatic N) is 1. The van der Waals surface area contributed by atoms with Gasteiger partial charge in [-0.1, -0.05) is 6.92 Å². The second kappa shape index (κ2) is 6.64. The third kappa shape index (κ3) is 3.77. The Bertz CT molecular complexity index is 350. The molecule has 18 heavy (non-hydrogen) atoms. The van der Waals surface area contributed by atoms with E-state index in [4.69, 9.17) is 4.74 Å². The van der Waals surface area contributed by atoms with E-state index in [1.165, 1.54) is 30.6 Å². The van der Waals surface area contributed by atoms with Crippen LogP contribution in [0.2, 0.25) is 0 Å². The summed E-state index contributed by atoms with van der Waals surface area (Å²) in [7, 11) is 0. The number of rotatable bonds is 5. The van der Waals surface area contributed by atoms with E-state index in [2.05, 4.69) is 31.1 Å². The Kier molecular flexibility index (Phi) is 5.15. The van der Waals surface area contributed by atoms with Crippen LogP contribution in [0.25, 0.3) is 0 Å². The third-order valence-corrected chi connectivity index (χ3v) is 4.73. The number of aryl methyl sites for hydroxylation is 2. The Morgan fingerprint density at radius 2 is 2.00 bits per heavy atom. The van der Waals surface area contributed by atoms with Gasteiger partial charge in [0.1, 0.15) is 5.01 Å². The van der Waals surface area contributed by atoms with Crippen LogP contribution < -0.4 is 5.32 Å². The molecule has 0 aliphatic heterocycles. The maximum Gasteiger partial charge on any atom is 0.119 e. The van der Waals surface area contributed by atoms with E-state index >= 15 is 0 Å². The molecule has 1 aromatic rings. The lowest BCUT2D eigenvalue weighted by Crippen LogP contribution is -2.35. The van der Waals surface area contributed by atoms with Crippen molar-refractivity contribution in [1.82, 2.24) is 10.3 Å². The molecule has 0 unspecified atom stereocenters. The molecule has 1 aliphatic rings. The molecule has 1 heterocycles. The predicted molar refractivity (Wildman–Crippen MR) is 76.1 cm³/mol. The van der Waals surface area contributed by atoms with E-state index in [0.29, 0.717) is 18.8 Å². The van der Waals surface area contributed by atoms with Crippen LogP contribution in [0.3, 0.4) is 0 Å². The minimum Gasteiger partial charge on any atom is -0.371 e. The maximum absolute atomic E-state index is 5.98. The van der Waals surface area contributed by atoms with Gasteiger partial charge in [0, 0.05) is 10.9 Å². The van der Waals surface area contributed by atoms with Gasteiger partial charge < -0.3 is 10.1 Å².